The molecule has 2 N–H and O–H groups in total. The van der Waals surface area contributed by atoms with Crippen LogP contribution >= 0.6 is 0 Å². The van der Waals surface area contributed by atoms with E-state index in [1.807, 2.05) is 0 Å². The molecule has 3 unspecified atom stereocenters. The highest BCUT2D eigenvalue weighted by molar-refractivity contribution is 5.46. The van der Waals surface area contributed by atoms with Crippen molar-refractivity contribution >= 4 is 5.69 Å². The van der Waals surface area contributed by atoms with Crippen molar-refractivity contribution in [1.29, 1.82) is 0 Å². The topological polar surface area (TPSA) is 29.3 Å². The Morgan fingerprint density at radius 1 is 1.24 bits per heavy atom. The molecular formula is C16H23F3N2. The van der Waals surface area contributed by atoms with Gasteiger partial charge >= 0.3 is 6.18 Å². The van der Waals surface area contributed by atoms with E-state index < -0.39 is 11.7 Å². The van der Waals surface area contributed by atoms with Crippen molar-refractivity contribution in [3.05, 3.63) is 29.3 Å². The Morgan fingerprint density at radius 3 is 2.52 bits per heavy atom. The molecule has 2 nitrogen and oxygen atoms in total. The van der Waals surface area contributed by atoms with E-state index in [9.17, 15) is 13.2 Å². The molecule has 1 aliphatic rings. The van der Waals surface area contributed by atoms with Crippen LogP contribution in [0, 0.1) is 11.8 Å². The maximum absolute atomic E-state index is 13.2. The molecule has 1 saturated heterocycles. The predicted octanol–water partition coefficient (Wildman–Crippen LogP) is 4.15. The fraction of sp³-hybridized carbons (Fsp3) is 0.625. The minimum absolute atomic E-state index is 0.152. The summed E-state index contributed by atoms with van der Waals surface area (Å²) in [6.45, 7) is 7.59. The fourth-order valence-electron chi connectivity index (χ4n) is 3.26. The summed E-state index contributed by atoms with van der Waals surface area (Å²) in [5.74, 6) is 1.01. The Labute approximate surface area is 124 Å². The van der Waals surface area contributed by atoms with E-state index in [4.69, 9.17) is 5.73 Å². The van der Waals surface area contributed by atoms with Crippen LogP contribution in [0.1, 0.15) is 38.3 Å². The third kappa shape index (κ3) is 3.70. The Balaban J connectivity index is 2.27. The molecule has 5 heteroatoms. The van der Waals surface area contributed by atoms with Crippen LogP contribution in [0.4, 0.5) is 18.9 Å². The average molecular weight is 300 g/mol. The molecule has 1 aliphatic heterocycles. The first kappa shape index (κ1) is 16.1. The van der Waals surface area contributed by atoms with Gasteiger partial charge in [-0.05, 0) is 42.9 Å². The van der Waals surface area contributed by atoms with E-state index in [-0.39, 0.29) is 5.69 Å². The maximum Gasteiger partial charge on any atom is 0.416 e. The summed E-state index contributed by atoms with van der Waals surface area (Å²) in [4.78, 5) is 2.15. The number of benzene rings is 1. The molecule has 2 rings (SSSR count). The van der Waals surface area contributed by atoms with Crippen molar-refractivity contribution in [1.82, 2.24) is 4.90 Å². The second-order valence-corrected chi connectivity index (χ2v) is 6.40. The first-order valence-corrected chi connectivity index (χ1v) is 7.38. The van der Waals surface area contributed by atoms with Crippen LogP contribution in [0.15, 0.2) is 18.2 Å². The van der Waals surface area contributed by atoms with Crippen molar-refractivity contribution in [2.24, 2.45) is 11.8 Å². The molecule has 3 atom stereocenters. The van der Waals surface area contributed by atoms with Crippen LogP contribution in [0.25, 0.3) is 0 Å². The molecule has 0 bridgehead atoms. The van der Waals surface area contributed by atoms with Crippen LogP contribution in [0.3, 0.4) is 0 Å². The highest BCUT2D eigenvalue weighted by atomic mass is 19.4. The van der Waals surface area contributed by atoms with Gasteiger partial charge in [-0.2, -0.15) is 13.2 Å². The number of alkyl halides is 3. The summed E-state index contributed by atoms with van der Waals surface area (Å²) in [5.41, 5.74) is 5.37. The number of nitrogens with two attached hydrogens (primary N) is 1. The Hall–Kier alpha value is -1.23. The number of hydrogen-bond donors (Lipinski definition) is 1. The Kier molecular flexibility index (Phi) is 4.51. The summed E-state index contributed by atoms with van der Waals surface area (Å²) in [6, 6.07) is 4.39. The van der Waals surface area contributed by atoms with Gasteiger partial charge in [-0.3, -0.25) is 4.90 Å². The van der Waals surface area contributed by atoms with Crippen LogP contribution in [0.2, 0.25) is 0 Å². The van der Waals surface area contributed by atoms with Gasteiger partial charge in [0.1, 0.15) is 0 Å². The van der Waals surface area contributed by atoms with E-state index in [1.165, 1.54) is 6.07 Å². The van der Waals surface area contributed by atoms with E-state index in [1.54, 1.807) is 6.07 Å². The molecule has 0 saturated carbocycles. The summed E-state index contributed by atoms with van der Waals surface area (Å²) in [5, 5.41) is 0. The number of rotatable bonds is 2. The molecule has 118 valence electrons. The molecule has 1 fully saturated rings. The lowest BCUT2D eigenvalue weighted by Crippen LogP contribution is -2.45. The number of halogens is 3. The van der Waals surface area contributed by atoms with Gasteiger partial charge in [-0.15, -0.1) is 0 Å². The van der Waals surface area contributed by atoms with Gasteiger partial charge in [0.25, 0.3) is 0 Å². The summed E-state index contributed by atoms with van der Waals surface area (Å²) in [6.07, 6.45) is -3.23. The molecule has 1 aromatic rings. The molecule has 1 heterocycles. The van der Waals surface area contributed by atoms with Gasteiger partial charge < -0.3 is 5.73 Å². The van der Waals surface area contributed by atoms with Gasteiger partial charge in [0.15, 0.2) is 0 Å². The predicted molar refractivity (Wildman–Crippen MR) is 78.7 cm³/mol. The molecule has 0 amide bonds. The number of likely N-dealkylation sites (tertiary alicyclic amines) is 1. The quantitative estimate of drug-likeness (QED) is 0.831. The first-order valence-electron chi connectivity index (χ1n) is 7.38. The lowest BCUT2D eigenvalue weighted by Gasteiger charge is -2.41. The number of anilines is 1. The number of piperidine rings is 1. The third-order valence-corrected chi connectivity index (χ3v) is 4.53. The van der Waals surface area contributed by atoms with E-state index in [0.29, 0.717) is 30.0 Å². The second kappa shape index (κ2) is 5.87. The van der Waals surface area contributed by atoms with Crippen molar-refractivity contribution in [2.75, 3.05) is 12.3 Å². The minimum atomic E-state index is -4.36. The summed E-state index contributed by atoms with van der Waals surface area (Å²) in [7, 11) is 0. The van der Waals surface area contributed by atoms with Gasteiger partial charge in [-0.1, -0.05) is 19.9 Å². The lowest BCUT2D eigenvalue weighted by molar-refractivity contribution is -0.138. The molecule has 0 aliphatic carbocycles. The fourth-order valence-corrected chi connectivity index (χ4v) is 3.26. The summed E-state index contributed by atoms with van der Waals surface area (Å²) < 4.78 is 39.5. The largest absolute Gasteiger partial charge is 0.416 e. The van der Waals surface area contributed by atoms with Gasteiger partial charge in [0.05, 0.1) is 5.56 Å². The second-order valence-electron chi connectivity index (χ2n) is 6.40. The number of nitrogen functional groups attached to an aromatic ring is 1. The highest BCUT2D eigenvalue weighted by Crippen LogP contribution is 2.35. The van der Waals surface area contributed by atoms with Crippen molar-refractivity contribution in [3.63, 3.8) is 0 Å². The average Bonchev–Trinajstić information content (AvgIpc) is 2.36. The van der Waals surface area contributed by atoms with Crippen molar-refractivity contribution in [3.8, 4) is 0 Å². The first-order chi connectivity index (χ1) is 9.68. The zero-order chi connectivity index (χ0) is 15.8. The standard InChI is InChI=1S/C16H23F3N2/c1-10-6-11(2)12(3)21(8-10)9-13-4-5-14(20)7-15(13)16(17,18)19/h4-5,7,10-12H,6,8-9,20H2,1-3H3. The van der Waals surface area contributed by atoms with Gasteiger partial charge in [-0.25, -0.2) is 0 Å². The maximum atomic E-state index is 13.2. The van der Waals surface area contributed by atoms with Crippen molar-refractivity contribution < 1.29 is 13.2 Å². The molecular weight excluding hydrogens is 277 g/mol. The van der Waals surface area contributed by atoms with E-state index >= 15 is 0 Å². The monoisotopic (exact) mass is 300 g/mol. The Morgan fingerprint density at radius 2 is 1.90 bits per heavy atom. The van der Waals surface area contributed by atoms with Crippen LogP contribution < -0.4 is 5.73 Å². The SMILES string of the molecule is CC1CC(C)C(C)N(Cc2ccc(N)cc2C(F)(F)F)C1. The third-order valence-electron chi connectivity index (χ3n) is 4.53. The zero-order valence-corrected chi connectivity index (χ0v) is 12.7. The molecule has 0 aromatic heterocycles. The molecule has 0 radical (unpaired) electrons. The Bertz CT molecular complexity index is 499. The smallest absolute Gasteiger partial charge is 0.399 e. The lowest BCUT2D eigenvalue weighted by atomic mass is 9.85. The van der Waals surface area contributed by atoms with Crippen LogP contribution in [-0.2, 0) is 12.7 Å². The van der Waals surface area contributed by atoms with E-state index in [2.05, 4.69) is 25.7 Å². The van der Waals surface area contributed by atoms with Gasteiger partial charge in [0.2, 0.25) is 0 Å². The molecule has 1 aromatic carbocycles. The highest BCUT2D eigenvalue weighted by Gasteiger charge is 2.35. The minimum Gasteiger partial charge on any atom is -0.399 e. The zero-order valence-electron chi connectivity index (χ0n) is 12.7. The van der Waals surface area contributed by atoms with Crippen LogP contribution in [-0.4, -0.2) is 17.5 Å². The number of nitrogens with zero attached hydrogens (tertiary/aromatic N) is 1. The van der Waals surface area contributed by atoms with Crippen molar-refractivity contribution in [2.45, 2.75) is 46.0 Å². The summed E-state index contributed by atoms with van der Waals surface area (Å²) >= 11 is 0. The number of hydrogen-bond acceptors (Lipinski definition) is 2. The normalized spacial score (nSPS) is 27.8. The van der Waals surface area contributed by atoms with E-state index in [0.717, 1.165) is 19.0 Å². The molecule has 21 heavy (non-hydrogen) atoms. The van der Waals surface area contributed by atoms with Gasteiger partial charge in [0, 0.05) is 24.8 Å². The van der Waals surface area contributed by atoms with Crippen LogP contribution in [0.5, 0.6) is 0 Å². The molecule has 0 spiro atoms.